The second-order valence-electron chi connectivity index (χ2n) is 5.11. The van der Waals surface area contributed by atoms with Gasteiger partial charge in [-0.1, -0.05) is 15.9 Å². The number of benzene rings is 1. The van der Waals surface area contributed by atoms with E-state index in [0.29, 0.717) is 0 Å². The van der Waals surface area contributed by atoms with Crippen molar-refractivity contribution in [1.29, 1.82) is 0 Å². The summed E-state index contributed by atoms with van der Waals surface area (Å²) in [6.45, 7) is 3.66. The van der Waals surface area contributed by atoms with Crippen LogP contribution in [0.25, 0.3) is 0 Å². The number of piperidine rings is 1. The van der Waals surface area contributed by atoms with Gasteiger partial charge in [-0.15, -0.1) is 0 Å². The second kappa shape index (κ2) is 6.63. The molecule has 0 aliphatic carbocycles. The maximum atomic E-state index is 13.7. The van der Waals surface area contributed by atoms with Gasteiger partial charge in [0.15, 0.2) is 0 Å². The number of hydrogen-bond acceptors (Lipinski definition) is 2. The van der Waals surface area contributed by atoms with Crippen molar-refractivity contribution in [2.75, 3.05) is 13.1 Å². The number of nitrogens with one attached hydrogen (secondary N) is 2. The molecule has 2 unspecified atom stereocenters. The monoisotopic (exact) mass is 346 g/mol. The molecule has 0 spiro atoms. The number of amides is 1. The molecular formula is C14H17BrF2N2O. The number of hydrogen-bond donors (Lipinski definition) is 2. The quantitative estimate of drug-likeness (QED) is 0.883. The molecule has 1 aromatic rings. The van der Waals surface area contributed by atoms with Crippen molar-refractivity contribution in [2.45, 2.75) is 25.8 Å². The summed E-state index contributed by atoms with van der Waals surface area (Å²) < 4.78 is 27.7. The lowest BCUT2D eigenvalue weighted by atomic mass is 9.92. The molecule has 110 valence electrons. The van der Waals surface area contributed by atoms with Crippen LogP contribution in [-0.2, 0) is 0 Å². The van der Waals surface area contributed by atoms with Gasteiger partial charge in [-0.25, -0.2) is 8.78 Å². The topological polar surface area (TPSA) is 41.1 Å². The highest BCUT2D eigenvalue weighted by Gasteiger charge is 2.24. The molecule has 6 heteroatoms. The van der Waals surface area contributed by atoms with Crippen molar-refractivity contribution in [2.24, 2.45) is 5.92 Å². The third-order valence-electron chi connectivity index (χ3n) is 3.63. The summed E-state index contributed by atoms with van der Waals surface area (Å²) >= 11 is 2.99. The Balaban J connectivity index is 2.08. The van der Waals surface area contributed by atoms with Gasteiger partial charge in [0.05, 0.1) is 0 Å². The van der Waals surface area contributed by atoms with Gasteiger partial charge >= 0.3 is 0 Å². The van der Waals surface area contributed by atoms with Crippen molar-refractivity contribution in [1.82, 2.24) is 10.6 Å². The lowest BCUT2D eigenvalue weighted by molar-refractivity contribution is 0.0913. The SMILES string of the molecule is CC(NC(=O)c1c(F)cc(Br)cc1F)C1CCCNC1. The largest absolute Gasteiger partial charge is 0.349 e. The van der Waals surface area contributed by atoms with Gasteiger partial charge < -0.3 is 10.6 Å². The first kappa shape index (κ1) is 15.4. The summed E-state index contributed by atoms with van der Waals surface area (Å²) in [5.74, 6) is -2.13. The van der Waals surface area contributed by atoms with E-state index >= 15 is 0 Å². The standard InChI is InChI=1S/C14H17BrF2N2O/c1-8(9-3-2-4-18-7-9)19-14(20)13-11(16)5-10(15)6-12(13)17/h5-6,8-9,18H,2-4,7H2,1H3,(H,19,20). The third-order valence-corrected chi connectivity index (χ3v) is 4.09. The second-order valence-corrected chi connectivity index (χ2v) is 6.03. The highest BCUT2D eigenvalue weighted by molar-refractivity contribution is 9.10. The van der Waals surface area contributed by atoms with Crippen LogP contribution in [0.15, 0.2) is 16.6 Å². The molecule has 2 rings (SSSR count). The van der Waals surface area contributed by atoms with E-state index in [-0.39, 0.29) is 16.4 Å². The lowest BCUT2D eigenvalue weighted by Gasteiger charge is -2.29. The first-order valence-corrected chi connectivity index (χ1v) is 7.44. The molecule has 1 heterocycles. The van der Waals surface area contributed by atoms with Gasteiger partial charge in [-0.05, 0) is 50.9 Å². The Morgan fingerprint density at radius 2 is 2.10 bits per heavy atom. The molecule has 1 aliphatic heterocycles. The molecule has 0 saturated carbocycles. The number of carbonyl (C=O) groups excluding carboxylic acids is 1. The normalized spacial score (nSPS) is 20.5. The van der Waals surface area contributed by atoms with Crippen molar-refractivity contribution < 1.29 is 13.6 Å². The number of carbonyl (C=O) groups is 1. The third kappa shape index (κ3) is 3.55. The molecule has 1 aromatic carbocycles. The summed E-state index contributed by atoms with van der Waals surface area (Å²) in [6, 6.07) is 2.05. The molecule has 3 nitrogen and oxygen atoms in total. The Labute approximate surface area is 125 Å². The molecule has 0 bridgehead atoms. The minimum Gasteiger partial charge on any atom is -0.349 e. The average molecular weight is 347 g/mol. The van der Waals surface area contributed by atoms with Crippen molar-refractivity contribution in [3.63, 3.8) is 0 Å². The Hall–Kier alpha value is -1.01. The van der Waals surface area contributed by atoms with Crippen molar-refractivity contribution >= 4 is 21.8 Å². The molecule has 0 radical (unpaired) electrons. The molecular weight excluding hydrogens is 330 g/mol. The zero-order chi connectivity index (χ0) is 14.7. The molecule has 1 aliphatic rings. The van der Waals surface area contributed by atoms with E-state index in [1.54, 1.807) is 0 Å². The summed E-state index contributed by atoms with van der Waals surface area (Å²) in [4.78, 5) is 12.0. The zero-order valence-electron chi connectivity index (χ0n) is 11.2. The Kier molecular flexibility index (Phi) is 5.10. The van der Waals surface area contributed by atoms with Crippen LogP contribution >= 0.6 is 15.9 Å². The fourth-order valence-corrected chi connectivity index (χ4v) is 2.86. The minimum atomic E-state index is -0.858. The van der Waals surface area contributed by atoms with Crippen LogP contribution in [0.1, 0.15) is 30.1 Å². The summed E-state index contributed by atoms with van der Waals surface area (Å²) in [7, 11) is 0. The minimum absolute atomic E-state index is 0.127. The summed E-state index contributed by atoms with van der Waals surface area (Å²) in [6.07, 6.45) is 2.05. The molecule has 20 heavy (non-hydrogen) atoms. The van der Waals surface area contributed by atoms with E-state index in [9.17, 15) is 13.6 Å². The van der Waals surface area contributed by atoms with Gasteiger partial charge in [-0.2, -0.15) is 0 Å². The van der Waals surface area contributed by atoms with Crippen LogP contribution < -0.4 is 10.6 Å². The Morgan fingerprint density at radius 1 is 1.45 bits per heavy atom. The van der Waals surface area contributed by atoms with Crippen LogP contribution in [0.3, 0.4) is 0 Å². The average Bonchev–Trinajstić information content (AvgIpc) is 2.38. The summed E-state index contributed by atoms with van der Waals surface area (Å²) in [5, 5.41) is 5.95. The molecule has 2 N–H and O–H groups in total. The van der Waals surface area contributed by atoms with Crippen LogP contribution in [0.2, 0.25) is 0 Å². The van der Waals surface area contributed by atoms with E-state index in [0.717, 1.165) is 38.1 Å². The van der Waals surface area contributed by atoms with E-state index in [1.807, 2.05) is 6.92 Å². The van der Waals surface area contributed by atoms with Crippen LogP contribution in [-0.4, -0.2) is 25.0 Å². The van der Waals surface area contributed by atoms with E-state index in [2.05, 4.69) is 26.6 Å². The summed E-state index contributed by atoms with van der Waals surface area (Å²) in [5.41, 5.74) is -0.524. The van der Waals surface area contributed by atoms with E-state index in [1.165, 1.54) is 0 Å². The molecule has 0 aromatic heterocycles. The first-order valence-electron chi connectivity index (χ1n) is 6.65. The maximum Gasteiger partial charge on any atom is 0.257 e. The maximum absolute atomic E-state index is 13.7. The fraction of sp³-hybridized carbons (Fsp3) is 0.500. The molecule has 1 saturated heterocycles. The Bertz CT molecular complexity index is 481. The van der Waals surface area contributed by atoms with Gasteiger partial charge in [-0.3, -0.25) is 4.79 Å². The van der Waals surface area contributed by atoms with Crippen LogP contribution in [0.4, 0.5) is 8.78 Å². The highest BCUT2D eigenvalue weighted by Crippen LogP contribution is 2.20. The highest BCUT2D eigenvalue weighted by atomic mass is 79.9. The smallest absolute Gasteiger partial charge is 0.257 e. The van der Waals surface area contributed by atoms with Crippen LogP contribution in [0.5, 0.6) is 0 Å². The Morgan fingerprint density at radius 3 is 2.65 bits per heavy atom. The van der Waals surface area contributed by atoms with Crippen molar-refractivity contribution in [3.8, 4) is 0 Å². The molecule has 1 fully saturated rings. The van der Waals surface area contributed by atoms with E-state index in [4.69, 9.17) is 0 Å². The molecule has 1 amide bonds. The van der Waals surface area contributed by atoms with E-state index < -0.39 is 23.1 Å². The van der Waals surface area contributed by atoms with Gasteiger partial charge in [0.2, 0.25) is 0 Å². The number of halogens is 3. The van der Waals surface area contributed by atoms with Crippen LogP contribution in [0, 0.1) is 17.6 Å². The van der Waals surface area contributed by atoms with Gasteiger partial charge in [0.1, 0.15) is 17.2 Å². The lowest BCUT2D eigenvalue weighted by Crippen LogP contribution is -2.44. The van der Waals surface area contributed by atoms with Gasteiger partial charge in [0.25, 0.3) is 5.91 Å². The predicted molar refractivity (Wildman–Crippen MR) is 76.6 cm³/mol. The fourth-order valence-electron chi connectivity index (χ4n) is 2.46. The number of rotatable bonds is 3. The first-order chi connectivity index (χ1) is 9.49. The molecule has 2 atom stereocenters. The zero-order valence-corrected chi connectivity index (χ0v) is 12.8. The van der Waals surface area contributed by atoms with Gasteiger partial charge in [0, 0.05) is 10.5 Å². The van der Waals surface area contributed by atoms with Crippen molar-refractivity contribution in [3.05, 3.63) is 33.8 Å². The predicted octanol–water partition coefficient (Wildman–Crippen LogP) is 2.85.